The number of hydrogen-bond donors (Lipinski definition) is 1. The van der Waals surface area contributed by atoms with Crippen molar-refractivity contribution in [1.29, 1.82) is 0 Å². The van der Waals surface area contributed by atoms with Crippen LogP contribution in [-0.2, 0) is 13.1 Å². The lowest BCUT2D eigenvalue weighted by Gasteiger charge is -2.35. The third-order valence-electron chi connectivity index (χ3n) is 9.50. The van der Waals surface area contributed by atoms with Crippen molar-refractivity contribution in [2.75, 3.05) is 58.9 Å². The molecule has 236 valence electrons. The van der Waals surface area contributed by atoms with E-state index in [0.717, 1.165) is 77.5 Å². The van der Waals surface area contributed by atoms with Crippen molar-refractivity contribution >= 4 is 0 Å². The van der Waals surface area contributed by atoms with Gasteiger partial charge < -0.3 is 19.9 Å². The zero-order chi connectivity index (χ0) is 30.5. The molecule has 5 heteroatoms. The van der Waals surface area contributed by atoms with E-state index in [-0.39, 0.29) is 6.10 Å². The monoisotopic (exact) mass is 602 g/mol. The number of likely N-dealkylation sites (tertiary alicyclic amines) is 1. The zero-order valence-corrected chi connectivity index (χ0v) is 26.8. The first kappa shape index (κ1) is 31.5. The summed E-state index contributed by atoms with van der Waals surface area (Å²) < 4.78 is 6.63. The lowest BCUT2D eigenvalue weighted by molar-refractivity contribution is 0.0979. The summed E-state index contributed by atoms with van der Waals surface area (Å²) in [6, 6.07) is 41.4. The molecule has 2 heterocycles. The molecule has 0 radical (unpaired) electrons. The number of benzene rings is 4. The van der Waals surface area contributed by atoms with Crippen molar-refractivity contribution in [2.45, 2.75) is 44.4 Å². The molecule has 2 aliphatic heterocycles. The molecular weight excluding hydrogens is 552 g/mol. The number of hydrogen-bond acceptors (Lipinski definition) is 5. The molecule has 0 saturated carbocycles. The van der Waals surface area contributed by atoms with Crippen molar-refractivity contribution in [3.63, 3.8) is 0 Å². The Labute approximate surface area is 270 Å². The third-order valence-corrected chi connectivity index (χ3v) is 9.50. The molecular formula is C40H50N4O. The van der Waals surface area contributed by atoms with E-state index >= 15 is 0 Å². The molecule has 0 bridgehead atoms. The summed E-state index contributed by atoms with van der Waals surface area (Å²) in [5, 5.41) is 3.69. The van der Waals surface area contributed by atoms with Gasteiger partial charge in [0, 0.05) is 70.4 Å². The Balaban J connectivity index is 0.905. The van der Waals surface area contributed by atoms with Crippen molar-refractivity contribution in [3.05, 3.63) is 138 Å². The molecule has 0 amide bonds. The van der Waals surface area contributed by atoms with Gasteiger partial charge in [0.2, 0.25) is 0 Å². The second-order valence-corrected chi connectivity index (χ2v) is 12.7. The summed E-state index contributed by atoms with van der Waals surface area (Å²) in [7, 11) is 0. The first-order valence-electron chi connectivity index (χ1n) is 17.1. The van der Waals surface area contributed by atoms with Gasteiger partial charge in [-0.1, -0.05) is 109 Å². The molecule has 2 aliphatic rings. The number of piperazine rings is 1. The number of nitrogens with one attached hydrogen (secondary N) is 1. The van der Waals surface area contributed by atoms with Gasteiger partial charge in [-0.2, -0.15) is 0 Å². The maximum absolute atomic E-state index is 6.63. The van der Waals surface area contributed by atoms with Gasteiger partial charge in [0.1, 0.15) is 11.9 Å². The van der Waals surface area contributed by atoms with Crippen molar-refractivity contribution < 1.29 is 4.74 Å². The van der Waals surface area contributed by atoms with Gasteiger partial charge in [-0.05, 0) is 55.1 Å². The summed E-state index contributed by atoms with van der Waals surface area (Å²) in [5.74, 6) is 1.44. The average molecular weight is 603 g/mol. The van der Waals surface area contributed by atoms with Crippen LogP contribution in [0.4, 0.5) is 0 Å². The maximum Gasteiger partial charge on any atom is 0.124 e. The fraction of sp³-hybridized carbons (Fsp3) is 0.400. The van der Waals surface area contributed by atoms with Gasteiger partial charge in [0.15, 0.2) is 0 Å². The second kappa shape index (κ2) is 16.7. The van der Waals surface area contributed by atoms with Crippen LogP contribution in [0.15, 0.2) is 115 Å². The van der Waals surface area contributed by atoms with E-state index in [1.807, 2.05) is 0 Å². The summed E-state index contributed by atoms with van der Waals surface area (Å²) in [5.41, 5.74) is 5.47. The Bertz CT molecular complexity index is 1340. The van der Waals surface area contributed by atoms with Crippen LogP contribution in [0.1, 0.15) is 47.4 Å². The normalized spacial score (nSPS) is 17.1. The minimum Gasteiger partial charge on any atom is -0.490 e. The Morgan fingerprint density at radius 3 is 1.87 bits per heavy atom. The third kappa shape index (κ3) is 9.51. The first-order chi connectivity index (χ1) is 22.3. The number of para-hydroxylation sites is 1. The quantitative estimate of drug-likeness (QED) is 0.163. The standard InChI is InChI=1S/C40H50N4O/c1-4-13-34(14-5-1)32-44-29-27-42(28-30-44)24-12-23-41-31-37-19-10-11-20-40(37)45-38-21-25-43(26-22-38)33-39(35-15-6-2-7-16-35)36-17-8-3-9-18-36/h1-11,13-20,38-39,41H,12,21-33H2. The predicted molar refractivity (Wildman–Crippen MR) is 186 cm³/mol. The minimum atomic E-state index is 0.273. The molecule has 45 heavy (non-hydrogen) atoms. The van der Waals surface area contributed by atoms with Gasteiger partial charge in [-0.3, -0.25) is 4.90 Å². The van der Waals surface area contributed by atoms with E-state index in [1.54, 1.807) is 0 Å². The molecule has 0 aliphatic carbocycles. The second-order valence-electron chi connectivity index (χ2n) is 12.7. The van der Waals surface area contributed by atoms with Crippen LogP contribution in [0.3, 0.4) is 0 Å². The van der Waals surface area contributed by atoms with Crippen LogP contribution in [0.2, 0.25) is 0 Å². The number of rotatable bonds is 14. The van der Waals surface area contributed by atoms with E-state index in [0.29, 0.717) is 5.92 Å². The summed E-state index contributed by atoms with van der Waals surface area (Å²) >= 11 is 0. The molecule has 0 spiro atoms. The SMILES string of the molecule is c1ccc(CN2CCN(CCCNCc3ccccc3OC3CCN(CC(c4ccccc4)c4ccccc4)CC3)CC2)cc1. The molecule has 6 rings (SSSR count). The zero-order valence-electron chi connectivity index (χ0n) is 26.8. The average Bonchev–Trinajstić information content (AvgIpc) is 3.10. The van der Waals surface area contributed by atoms with Gasteiger partial charge in [0.05, 0.1) is 0 Å². The van der Waals surface area contributed by atoms with Crippen LogP contribution in [0, 0.1) is 0 Å². The topological polar surface area (TPSA) is 31.0 Å². The molecule has 0 aromatic heterocycles. The smallest absolute Gasteiger partial charge is 0.124 e. The maximum atomic E-state index is 6.63. The van der Waals surface area contributed by atoms with Crippen molar-refractivity contribution in [3.8, 4) is 5.75 Å². The van der Waals surface area contributed by atoms with Crippen LogP contribution in [-0.4, -0.2) is 79.7 Å². The Morgan fingerprint density at radius 2 is 1.20 bits per heavy atom. The summed E-state index contributed by atoms with van der Waals surface area (Å²) in [6.45, 7) is 12.0. The minimum absolute atomic E-state index is 0.273. The highest BCUT2D eigenvalue weighted by Gasteiger charge is 2.25. The van der Waals surface area contributed by atoms with Gasteiger partial charge in [0.25, 0.3) is 0 Å². The molecule has 2 saturated heterocycles. The highest BCUT2D eigenvalue weighted by atomic mass is 16.5. The number of ether oxygens (including phenoxy) is 1. The van der Waals surface area contributed by atoms with E-state index < -0.39 is 0 Å². The van der Waals surface area contributed by atoms with E-state index in [2.05, 4.69) is 135 Å². The Kier molecular flexibility index (Phi) is 11.7. The lowest BCUT2D eigenvalue weighted by Crippen LogP contribution is -2.46. The van der Waals surface area contributed by atoms with E-state index in [1.165, 1.54) is 41.8 Å². The van der Waals surface area contributed by atoms with E-state index in [9.17, 15) is 0 Å². The fourth-order valence-electron chi connectivity index (χ4n) is 6.85. The van der Waals surface area contributed by atoms with Gasteiger partial charge >= 0.3 is 0 Å². The predicted octanol–water partition coefficient (Wildman–Crippen LogP) is 6.66. The molecule has 4 aromatic rings. The Hall–Kier alpha value is -3.48. The van der Waals surface area contributed by atoms with Crippen LogP contribution in [0.25, 0.3) is 0 Å². The van der Waals surface area contributed by atoms with Crippen LogP contribution < -0.4 is 10.1 Å². The summed E-state index contributed by atoms with van der Waals surface area (Å²) in [4.78, 5) is 7.83. The first-order valence-corrected chi connectivity index (χ1v) is 17.1. The van der Waals surface area contributed by atoms with Crippen LogP contribution >= 0.6 is 0 Å². The van der Waals surface area contributed by atoms with Gasteiger partial charge in [-0.15, -0.1) is 0 Å². The van der Waals surface area contributed by atoms with Crippen molar-refractivity contribution in [1.82, 2.24) is 20.0 Å². The molecule has 0 unspecified atom stereocenters. The molecule has 5 nitrogen and oxygen atoms in total. The van der Waals surface area contributed by atoms with Gasteiger partial charge in [-0.25, -0.2) is 0 Å². The van der Waals surface area contributed by atoms with E-state index in [4.69, 9.17) is 4.74 Å². The molecule has 0 atom stereocenters. The highest BCUT2D eigenvalue weighted by Crippen LogP contribution is 2.28. The number of piperidine rings is 1. The summed E-state index contributed by atoms with van der Waals surface area (Å²) in [6.07, 6.45) is 3.58. The Morgan fingerprint density at radius 1 is 0.622 bits per heavy atom. The molecule has 4 aromatic carbocycles. The largest absolute Gasteiger partial charge is 0.490 e. The number of nitrogens with zero attached hydrogens (tertiary/aromatic N) is 3. The molecule has 2 fully saturated rings. The molecule has 1 N–H and O–H groups in total. The van der Waals surface area contributed by atoms with Crippen molar-refractivity contribution in [2.24, 2.45) is 0 Å². The van der Waals surface area contributed by atoms with Crippen LogP contribution in [0.5, 0.6) is 5.75 Å². The fourth-order valence-corrected chi connectivity index (χ4v) is 6.85. The lowest BCUT2D eigenvalue weighted by atomic mass is 9.90. The highest BCUT2D eigenvalue weighted by molar-refractivity contribution is 5.34.